The number of aliphatic imine (C=N–C) groups is 1. The Kier molecular flexibility index (Phi) is 11.9. The lowest BCUT2D eigenvalue weighted by Crippen LogP contribution is -2.12. The van der Waals surface area contributed by atoms with E-state index in [0.717, 1.165) is 40.0 Å². The van der Waals surface area contributed by atoms with Crippen molar-refractivity contribution in [1.29, 1.82) is 0 Å². The molecule has 0 fully saturated rings. The monoisotopic (exact) mass is 618 g/mol. The normalized spacial score (nSPS) is 16.4. The van der Waals surface area contributed by atoms with Crippen LogP contribution >= 0.6 is 0 Å². The fourth-order valence-corrected chi connectivity index (χ4v) is 5.92. The van der Waals surface area contributed by atoms with E-state index >= 15 is 0 Å². The fourth-order valence-electron chi connectivity index (χ4n) is 5.92. The summed E-state index contributed by atoms with van der Waals surface area (Å²) in [5.74, 6) is 0. The highest BCUT2D eigenvalue weighted by atomic mass is 14.7. The molecule has 4 rings (SSSR count). The van der Waals surface area contributed by atoms with Gasteiger partial charge in [-0.15, -0.1) is 0 Å². The summed E-state index contributed by atoms with van der Waals surface area (Å²) in [4.78, 5) is 5.03. The first kappa shape index (κ1) is 34.9. The molecule has 2 nitrogen and oxygen atoms in total. The summed E-state index contributed by atoms with van der Waals surface area (Å²) >= 11 is 0. The molecule has 2 heteroatoms. The standard InChI is InChI=1S/C45H50N2/c1-9-11-25-42-34(5)41(35(6)45(42,7)8)29-37(10-2)39-23-18-24-40(28-39)43(46)30-44(47-31-36-19-14-12-15-20-36)33(4)27-26-32(3)38-21-16-13-17-22-38/h10-30H,2,9,31,46H2,1,3-8H3/b25-11-,32-26+,33-27+,37-29+,43-30-,47-44+. The fraction of sp³-hybridized carbons (Fsp3) is 0.222. The maximum atomic E-state index is 6.84. The number of nitrogens with zero attached hydrogens (tertiary/aromatic N) is 1. The van der Waals surface area contributed by atoms with Gasteiger partial charge >= 0.3 is 0 Å². The molecule has 0 saturated heterocycles. The highest BCUT2D eigenvalue weighted by Crippen LogP contribution is 2.48. The zero-order valence-electron chi connectivity index (χ0n) is 29.3. The molecule has 0 bridgehead atoms. The van der Waals surface area contributed by atoms with E-state index in [-0.39, 0.29) is 5.41 Å². The van der Waals surface area contributed by atoms with Gasteiger partial charge in [-0.25, -0.2) is 0 Å². The Morgan fingerprint density at radius 1 is 0.851 bits per heavy atom. The van der Waals surface area contributed by atoms with Crippen molar-refractivity contribution in [1.82, 2.24) is 0 Å². The minimum atomic E-state index is -0.0153. The second-order valence-electron chi connectivity index (χ2n) is 12.7. The van der Waals surface area contributed by atoms with Gasteiger partial charge < -0.3 is 5.73 Å². The molecular formula is C45H50N2. The van der Waals surface area contributed by atoms with E-state index in [0.29, 0.717) is 12.2 Å². The number of hydrogen-bond donors (Lipinski definition) is 1. The largest absolute Gasteiger partial charge is 0.398 e. The van der Waals surface area contributed by atoms with Gasteiger partial charge in [-0.1, -0.05) is 142 Å². The average Bonchev–Trinajstić information content (AvgIpc) is 3.25. The molecule has 0 unspecified atom stereocenters. The minimum absolute atomic E-state index is 0.0153. The van der Waals surface area contributed by atoms with Crippen molar-refractivity contribution in [3.63, 3.8) is 0 Å². The number of benzene rings is 3. The third-order valence-electron chi connectivity index (χ3n) is 9.18. The van der Waals surface area contributed by atoms with Crippen LogP contribution in [0.1, 0.15) is 77.1 Å². The smallest absolute Gasteiger partial charge is 0.0647 e. The van der Waals surface area contributed by atoms with E-state index < -0.39 is 0 Å². The quantitative estimate of drug-likeness (QED) is 0.159. The second kappa shape index (κ2) is 16.1. The van der Waals surface area contributed by atoms with Gasteiger partial charge in [-0.05, 0) is 108 Å². The molecule has 3 aromatic rings. The van der Waals surface area contributed by atoms with Crippen LogP contribution in [0.5, 0.6) is 0 Å². The molecule has 0 heterocycles. The molecule has 3 aromatic carbocycles. The van der Waals surface area contributed by atoms with Crippen molar-refractivity contribution in [3.8, 4) is 0 Å². The molecule has 0 amide bonds. The van der Waals surface area contributed by atoms with Crippen LogP contribution in [0.15, 0.2) is 167 Å². The lowest BCUT2D eigenvalue weighted by atomic mass is 9.80. The topological polar surface area (TPSA) is 38.4 Å². The molecule has 0 aliphatic heterocycles. The highest BCUT2D eigenvalue weighted by Gasteiger charge is 2.33. The van der Waals surface area contributed by atoms with Crippen molar-refractivity contribution in [3.05, 3.63) is 184 Å². The van der Waals surface area contributed by atoms with E-state index in [1.807, 2.05) is 36.4 Å². The maximum Gasteiger partial charge on any atom is 0.0647 e. The Morgan fingerprint density at radius 2 is 1.49 bits per heavy atom. The van der Waals surface area contributed by atoms with Crippen LogP contribution in [-0.2, 0) is 6.54 Å². The Morgan fingerprint density at radius 3 is 2.15 bits per heavy atom. The van der Waals surface area contributed by atoms with E-state index in [1.165, 1.54) is 33.4 Å². The van der Waals surface area contributed by atoms with Crippen LogP contribution in [-0.4, -0.2) is 5.71 Å². The molecule has 0 radical (unpaired) electrons. The number of hydrogen-bond acceptors (Lipinski definition) is 2. The first-order valence-corrected chi connectivity index (χ1v) is 16.6. The molecule has 240 valence electrons. The van der Waals surface area contributed by atoms with Crippen molar-refractivity contribution in [2.24, 2.45) is 16.1 Å². The number of rotatable bonds is 12. The van der Waals surface area contributed by atoms with Crippen molar-refractivity contribution in [2.75, 3.05) is 0 Å². The molecule has 0 saturated carbocycles. The summed E-state index contributed by atoms with van der Waals surface area (Å²) in [6.45, 7) is 20.3. The number of nitrogens with two attached hydrogens (primary N) is 1. The first-order chi connectivity index (χ1) is 22.6. The van der Waals surface area contributed by atoms with E-state index in [9.17, 15) is 0 Å². The van der Waals surface area contributed by atoms with Gasteiger partial charge in [0.1, 0.15) is 0 Å². The first-order valence-electron chi connectivity index (χ1n) is 16.6. The molecule has 47 heavy (non-hydrogen) atoms. The van der Waals surface area contributed by atoms with Gasteiger partial charge in [-0.3, -0.25) is 4.99 Å². The summed E-state index contributed by atoms with van der Waals surface area (Å²) in [7, 11) is 0. The summed E-state index contributed by atoms with van der Waals surface area (Å²) in [5, 5.41) is 0. The Bertz CT molecular complexity index is 1830. The van der Waals surface area contributed by atoms with Crippen LogP contribution in [0.25, 0.3) is 16.8 Å². The summed E-state index contributed by atoms with van der Waals surface area (Å²) < 4.78 is 0. The zero-order valence-corrected chi connectivity index (χ0v) is 29.3. The summed E-state index contributed by atoms with van der Waals surface area (Å²) in [6.07, 6.45) is 16.1. The minimum Gasteiger partial charge on any atom is -0.398 e. The lowest BCUT2D eigenvalue weighted by Gasteiger charge is -2.23. The van der Waals surface area contributed by atoms with Gasteiger partial charge in [0.2, 0.25) is 0 Å². The van der Waals surface area contributed by atoms with Gasteiger partial charge in [0, 0.05) is 11.1 Å². The van der Waals surface area contributed by atoms with Crippen LogP contribution in [0.4, 0.5) is 0 Å². The molecule has 2 N–H and O–H groups in total. The van der Waals surface area contributed by atoms with Crippen LogP contribution in [0.2, 0.25) is 0 Å². The molecule has 0 atom stereocenters. The maximum absolute atomic E-state index is 6.84. The van der Waals surface area contributed by atoms with Crippen LogP contribution < -0.4 is 5.73 Å². The number of allylic oxidation sites excluding steroid dienone is 14. The summed E-state index contributed by atoms with van der Waals surface area (Å²) in [5.41, 5.74) is 21.4. The summed E-state index contributed by atoms with van der Waals surface area (Å²) in [6, 6.07) is 29.1. The second-order valence-corrected chi connectivity index (χ2v) is 12.7. The third kappa shape index (κ3) is 8.65. The molecule has 0 spiro atoms. The Hall–Kier alpha value is -4.95. The van der Waals surface area contributed by atoms with Crippen LogP contribution in [0, 0.1) is 5.41 Å². The van der Waals surface area contributed by atoms with Gasteiger partial charge in [0.05, 0.1) is 12.3 Å². The molecule has 1 aliphatic carbocycles. The lowest BCUT2D eigenvalue weighted by molar-refractivity contribution is 0.561. The van der Waals surface area contributed by atoms with Gasteiger partial charge in [0.25, 0.3) is 0 Å². The predicted molar refractivity (Wildman–Crippen MR) is 207 cm³/mol. The van der Waals surface area contributed by atoms with Crippen molar-refractivity contribution < 1.29 is 0 Å². The molecular weight excluding hydrogens is 569 g/mol. The van der Waals surface area contributed by atoms with Crippen molar-refractivity contribution in [2.45, 2.75) is 61.4 Å². The van der Waals surface area contributed by atoms with Gasteiger partial charge in [0.15, 0.2) is 0 Å². The predicted octanol–water partition coefficient (Wildman–Crippen LogP) is 11.9. The third-order valence-corrected chi connectivity index (χ3v) is 9.18. The Balaban J connectivity index is 1.71. The van der Waals surface area contributed by atoms with Crippen LogP contribution in [0.3, 0.4) is 0 Å². The highest BCUT2D eigenvalue weighted by molar-refractivity contribution is 6.11. The van der Waals surface area contributed by atoms with E-state index in [2.05, 4.69) is 146 Å². The van der Waals surface area contributed by atoms with Crippen molar-refractivity contribution >= 4 is 22.6 Å². The van der Waals surface area contributed by atoms with E-state index in [4.69, 9.17) is 10.7 Å². The zero-order chi connectivity index (χ0) is 34.0. The van der Waals surface area contributed by atoms with Gasteiger partial charge in [-0.2, -0.15) is 0 Å². The molecule has 1 aliphatic rings. The van der Waals surface area contributed by atoms with E-state index in [1.54, 1.807) is 0 Å². The Labute approximate surface area is 283 Å². The SMILES string of the molecule is C=C/C(=C\C1=C(C)C(C)(C)C(/C=C\CC)=C1C)c1cccc(/C(N)=C/C(=N\Cc2ccccc2)C(/C)=C/C=C(\C)c2ccccc2)c1. The molecule has 0 aromatic heterocycles. The average molecular weight is 619 g/mol.